The van der Waals surface area contributed by atoms with Crippen LogP contribution in [0.25, 0.3) is 11.1 Å². The van der Waals surface area contributed by atoms with Gasteiger partial charge in [-0.3, -0.25) is 9.59 Å². The first-order valence-electron chi connectivity index (χ1n) is 7.57. The first-order valence-corrected chi connectivity index (χ1v) is 7.57. The molecule has 1 aromatic carbocycles. The summed E-state index contributed by atoms with van der Waals surface area (Å²) in [5, 5.41) is 0. The standard InChI is InChI=1S/C18H19NO4/c1-11(20)13-10-14(18(21)19-8-4-5-15(13)19)12-6-7-16(22-2)17(9-12)23-3/h6-7,9-10H,4-5,8H2,1-3H3. The molecular weight excluding hydrogens is 294 g/mol. The van der Waals surface area contributed by atoms with Crippen molar-refractivity contribution in [3.63, 3.8) is 0 Å². The lowest BCUT2D eigenvalue weighted by Crippen LogP contribution is -2.23. The fourth-order valence-corrected chi connectivity index (χ4v) is 3.13. The molecule has 3 rings (SSSR count). The van der Waals surface area contributed by atoms with E-state index in [0.717, 1.165) is 24.1 Å². The predicted octanol–water partition coefficient (Wildman–Crippen LogP) is 2.68. The third-order valence-corrected chi connectivity index (χ3v) is 4.27. The zero-order valence-electron chi connectivity index (χ0n) is 13.5. The lowest BCUT2D eigenvalue weighted by Gasteiger charge is -2.13. The van der Waals surface area contributed by atoms with Gasteiger partial charge in [0.25, 0.3) is 5.56 Å². The summed E-state index contributed by atoms with van der Waals surface area (Å²) in [5.41, 5.74) is 2.66. The lowest BCUT2D eigenvalue weighted by molar-refractivity contribution is 0.101. The quantitative estimate of drug-likeness (QED) is 0.814. The van der Waals surface area contributed by atoms with Crippen LogP contribution < -0.4 is 15.0 Å². The Balaban J connectivity index is 2.23. The van der Waals surface area contributed by atoms with Gasteiger partial charge in [-0.2, -0.15) is 0 Å². The van der Waals surface area contributed by atoms with Gasteiger partial charge in [0.05, 0.1) is 14.2 Å². The average molecular weight is 313 g/mol. The van der Waals surface area contributed by atoms with E-state index in [1.54, 1.807) is 37.0 Å². The van der Waals surface area contributed by atoms with Gasteiger partial charge in [-0.1, -0.05) is 6.07 Å². The van der Waals surface area contributed by atoms with Crippen molar-refractivity contribution < 1.29 is 14.3 Å². The summed E-state index contributed by atoms with van der Waals surface area (Å²) in [7, 11) is 3.12. The molecular formula is C18H19NO4. The molecule has 1 aliphatic heterocycles. The molecule has 5 nitrogen and oxygen atoms in total. The smallest absolute Gasteiger partial charge is 0.258 e. The average Bonchev–Trinajstić information content (AvgIpc) is 3.04. The lowest BCUT2D eigenvalue weighted by atomic mass is 10.0. The van der Waals surface area contributed by atoms with E-state index < -0.39 is 0 Å². The number of rotatable bonds is 4. The maximum Gasteiger partial charge on any atom is 0.258 e. The van der Waals surface area contributed by atoms with E-state index in [0.29, 0.717) is 29.2 Å². The minimum absolute atomic E-state index is 0.0163. The normalized spacial score (nSPS) is 12.8. The first-order chi connectivity index (χ1) is 11.1. The highest BCUT2D eigenvalue weighted by Gasteiger charge is 2.22. The third kappa shape index (κ3) is 2.52. The van der Waals surface area contributed by atoms with Crippen molar-refractivity contribution in [2.75, 3.05) is 14.2 Å². The Hall–Kier alpha value is -2.56. The van der Waals surface area contributed by atoms with E-state index >= 15 is 0 Å². The molecule has 0 saturated carbocycles. The molecule has 0 bridgehead atoms. The molecule has 2 heterocycles. The SMILES string of the molecule is COc1ccc(-c2cc(C(C)=O)c3n(c2=O)CCC3)cc1OC. The van der Waals surface area contributed by atoms with Crippen molar-refractivity contribution in [1.29, 1.82) is 0 Å². The van der Waals surface area contributed by atoms with Crippen LogP contribution in [-0.4, -0.2) is 24.6 Å². The molecule has 0 amide bonds. The molecule has 1 aliphatic rings. The summed E-state index contributed by atoms with van der Waals surface area (Å²) in [5.74, 6) is 1.14. The van der Waals surface area contributed by atoms with E-state index in [1.807, 2.05) is 6.07 Å². The molecule has 0 saturated heterocycles. The van der Waals surface area contributed by atoms with E-state index in [1.165, 1.54) is 6.92 Å². The topological polar surface area (TPSA) is 57.5 Å². The maximum atomic E-state index is 12.8. The van der Waals surface area contributed by atoms with E-state index in [4.69, 9.17) is 9.47 Å². The number of benzene rings is 1. The van der Waals surface area contributed by atoms with Crippen LogP contribution in [0.2, 0.25) is 0 Å². The van der Waals surface area contributed by atoms with Crippen molar-refractivity contribution in [1.82, 2.24) is 4.57 Å². The molecule has 0 spiro atoms. The van der Waals surface area contributed by atoms with E-state index in [9.17, 15) is 9.59 Å². The number of carbonyl (C=O) groups is 1. The van der Waals surface area contributed by atoms with Crippen molar-refractivity contribution in [2.45, 2.75) is 26.3 Å². The second-order valence-corrected chi connectivity index (χ2v) is 5.60. The number of methoxy groups -OCH3 is 2. The molecule has 0 fully saturated rings. The monoisotopic (exact) mass is 313 g/mol. The van der Waals surface area contributed by atoms with Gasteiger partial charge >= 0.3 is 0 Å². The second kappa shape index (κ2) is 5.91. The summed E-state index contributed by atoms with van der Waals surface area (Å²) in [6, 6.07) is 7.05. The number of Topliss-reactive ketones (excluding diaryl/α,β-unsaturated/α-hetero) is 1. The molecule has 5 heteroatoms. The summed E-state index contributed by atoms with van der Waals surface area (Å²) in [6.45, 7) is 2.20. The Bertz CT molecular complexity index is 836. The van der Waals surface area contributed by atoms with Crippen molar-refractivity contribution in [3.05, 3.63) is 45.9 Å². The van der Waals surface area contributed by atoms with Crippen LogP contribution in [-0.2, 0) is 13.0 Å². The zero-order valence-corrected chi connectivity index (χ0v) is 13.5. The van der Waals surface area contributed by atoms with Gasteiger partial charge in [-0.15, -0.1) is 0 Å². The van der Waals surface area contributed by atoms with Gasteiger partial charge in [0.15, 0.2) is 17.3 Å². The molecule has 23 heavy (non-hydrogen) atoms. The van der Waals surface area contributed by atoms with Gasteiger partial charge < -0.3 is 14.0 Å². The van der Waals surface area contributed by atoms with Crippen molar-refractivity contribution >= 4 is 5.78 Å². The number of pyridine rings is 1. The Morgan fingerprint density at radius 2 is 1.87 bits per heavy atom. The number of nitrogens with zero attached hydrogens (tertiary/aromatic N) is 1. The second-order valence-electron chi connectivity index (χ2n) is 5.60. The Morgan fingerprint density at radius 3 is 2.52 bits per heavy atom. The van der Waals surface area contributed by atoms with Crippen LogP contribution in [0.1, 0.15) is 29.4 Å². The third-order valence-electron chi connectivity index (χ3n) is 4.27. The summed E-state index contributed by atoms with van der Waals surface area (Å²) in [4.78, 5) is 24.7. The number of ether oxygens (including phenoxy) is 2. The maximum absolute atomic E-state index is 12.8. The highest BCUT2D eigenvalue weighted by atomic mass is 16.5. The zero-order chi connectivity index (χ0) is 16.6. The molecule has 0 unspecified atom stereocenters. The number of carbonyl (C=O) groups excluding carboxylic acids is 1. The summed E-state index contributed by atoms with van der Waals surface area (Å²) >= 11 is 0. The van der Waals surface area contributed by atoms with Gasteiger partial charge in [0.1, 0.15) is 0 Å². The van der Waals surface area contributed by atoms with Crippen molar-refractivity contribution in [2.24, 2.45) is 0 Å². The Kier molecular flexibility index (Phi) is 3.94. The molecule has 0 radical (unpaired) electrons. The number of aromatic nitrogens is 1. The molecule has 0 N–H and O–H groups in total. The Labute approximate surface area is 134 Å². The van der Waals surface area contributed by atoms with Crippen LogP contribution in [0.3, 0.4) is 0 Å². The van der Waals surface area contributed by atoms with Crippen LogP contribution in [0, 0.1) is 0 Å². The number of ketones is 1. The highest BCUT2D eigenvalue weighted by Crippen LogP contribution is 2.32. The molecule has 1 aromatic heterocycles. The largest absolute Gasteiger partial charge is 0.493 e. The minimum atomic E-state index is -0.0604. The Morgan fingerprint density at radius 1 is 1.13 bits per heavy atom. The van der Waals surface area contributed by atoms with E-state index in [-0.39, 0.29) is 11.3 Å². The van der Waals surface area contributed by atoms with Crippen molar-refractivity contribution in [3.8, 4) is 22.6 Å². The minimum Gasteiger partial charge on any atom is -0.493 e. The van der Waals surface area contributed by atoms with Crippen LogP contribution >= 0.6 is 0 Å². The van der Waals surface area contributed by atoms with E-state index in [2.05, 4.69) is 0 Å². The predicted molar refractivity (Wildman–Crippen MR) is 87.6 cm³/mol. The van der Waals surface area contributed by atoms with Gasteiger partial charge in [-0.25, -0.2) is 0 Å². The van der Waals surface area contributed by atoms with Crippen LogP contribution in [0.15, 0.2) is 29.1 Å². The van der Waals surface area contributed by atoms with Crippen LogP contribution in [0.5, 0.6) is 11.5 Å². The van der Waals surface area contributed by atoms with Gasteiger partial charge in [-0.05, 0) is 43.5 Å². The summed E-state index contributed by atoms with van der Waals surface area (Å²) < 4.78 is 12.3. The fraction of sp³-hybridized carbons (Fsp3) is 0.333. The number of hydrogen-bond acceptors (Lipinski definition) is 4. The molecule has 0 aliphatic carbocycles. The van der Waals surface area contributed by atoms with Gasteiger partial charge in [0.2, 0.25) is 0 Å². The molecule has 2 aromatic rings. The number of hydrogen-bond donors (Lipinski definition) is 0. The molecule has 120 valence electrons. The van der Waals surface area contributed by atoms with Crippen LogP contribution in [0.4, 0.5) is 0 Å². The molecule has 0 atom stereocenters. The summed E-state index contributed by atoms with van der Waals surface area (Å²) in [6.07, 6.45) is 1.67. The first kappa shape index (κ1) is 15.3. The highest BCUT2D eigenvalue weighted by molar-refractivity contribution is 5.96. The van der Waals surface area contributed by atoms with Gasteiger partial charge in [0, 0.05) is 23.4 Å². The number of fused-ring (bicyclic) bond motifs is 1. The fourth-order valence-electron chi connectivity index (χ4n) is 3.13.